The van der Waals surface area contributed by atoms with Crippen molar-refractivity contribution >= 4 is 17.6 Å². The van der Waals surface area contributed by atoms with Gasteiger partial charge in [-0.15, -0.1) is 0 Å². The number of nitrogens with zero attached hydrogens (tertiary/aromatic N) is 1. The van der Waals surface area contributed by atoms with E-state index in [4.69, 9.17) is 16.7 Å². The van der Waals surface area contributed by atoms with Crippen LogP contribution in [0.1, 0.15) is 29.1 Å². The first-order valence-corrected chi connectivity index (χ1v) is 6.88. The quantitative estimate of drug-likeness (QED) is 0.888. The molecule has 1 aromatic heterocycles. The molecule has 0 aliphatic carbocycles. The maximum absolute atomic E-state index is 12.0. The Balaban J connectivity index is 2.23. The number of hydrogen-bond acceptors (Lipinski definition) is 3. The molecule has 0 unspecified atom stereocenters. The van der Waals surface area contributed by atoms with E-state index in [0.717, 1.165) is 5.56 Å². The molecule has 0 fully saturated rings. The van der Waals surface area contributed by atoms with Crippen molar-refractivity contribution in [1.29, 1.82) is 0 Å². The fourth-order valence-corrected chi connectivity index (χ4v) is 2.33. The highest BCUT2D eigenvalue weighted by Gasteiger charge is 2.10. The van der Waals surface area contributed by atoms with Crippen LogP contribution in [0.3, 0.4) is 0 Å². The summed E-state index contributed by atoms with van der Waals surface area (Å²) in [5.74, 6) is -0.393. The van der Waals surface area contributed by atoms with Crippen LogP contribution in [0, 0.1) is 6.92 Å². The van der Waals surface area contributed by atoms with Crippen LogP contribution in [-0.2, 0) is 17.6 Å². The van der Waals surface area contributed by atoms with Crippen molar-refractivity contribution in [3.05, 3.63) is 62.3 Å². The Kier molecular flexibility index (Phi) is 4.75. The van der Waals surface area contributed by atoms with Gasteiger partial charge in [-0.1, -0.05) is 23.7 Å². The van der Waals surface area contributed by atoms with Crippen LogP contribution in [-0.4, -0.2) is 21.0 Å². The number of aliphatic carboxylic acids is 1. The second-order valence-corrected chi connectivity index (χ2v) is 5.21. The van der Waals surface area contributed by atoms with E-state index in [9.17, 15) is 9.59 Å². The summed E-state index contributed by atoms with van der Waals surface area (Å²) in [7, 11) is 0. The summed E-state index contributed by atoms with van der Waals surface area (Å²) in [6.45, 7) is 1.72. The number of H-pyrrole nitrogens is 1. The molecular weight excluding hydrogens is 292 g/mol. The van der Waals surface area contributed by atoms with E-state index in [1.54, 1.807) is 13.0 Å². The summed E-state index contributed by atoms with van der Waals surface area (Å²) >= 11 is 5.92. The zero-order valence-corrected chi connectivity index (χ0v) is 12.3. The third kappa shape index (κ3) is 4.16. The summed E-state index contributed by atoms with van der Waals surface area (Å²) in [6.07, 6.45) is 0.566. The Morgan fingerprint density at radius 3 is 2.81 bits per heavy atom. The first-order chi connectivity index (χ1) is 9.95. The highest BCUT2D eigenvalue weighted by atomic mass is 35.5. The standard InChI is InChI=1S/C15H15ClN2O3/c1-9-12(5-6-14(19)20)15(21)18-13(17-9)8-10-3-2-4-11(16)7-10/h2-4,7H,5-6,8H2,1H3,(H,19,20)(H,17,18,21). The number of carboxylic acids is 1. The number of benzene rings is 1. The van der Waals surface area contributed by atoms with Gasteiger partial charge in [0.25, 0.3) is 5.56 Å². The summed E-state index contributed by atoms with van der Waals surface area (Å²) in [5.41, 5.74) is 1.66. The lowest BCUT2D eigenvalue weighted by Gasteiger charge is -2.07. The molecule has 0 aliphatic heterocycles. The van der Waals surface area contributed by atoms with Crippen molar-refractivity contribution < 1.29 is 9.90 Å². The number of carboxylic acid groups (broad SMARTS) is 1. The second kappa shape index (κ2) is 6.54. The maximum Gasteiger partial charge on any atom is 0.303 e. The fourth-order valence-electron chi connectivity index (χ4n) is 2.12. The number of carbonyl (C=O) groups is 1. The molecule has 0 atom stereocenters. The minimum absolute atomic E-state index is 0.0841. The van der Waals surface area contributed by atoms with E-state index in [2.05, 4.69) is 9.97 Å². The van der Waals surface area contributed by atoms with Crippen LogP contribution in [0.5, 0.6) is 0 Å². The molecule has 110 valence electrons. The molecule has 0 bridgehead atoms. The van der Waals surface area contributed by atoms with Gasteiger partial charge < -0.3 is 10.1 Å². The van der Waals surface area contributed by atoms with Crippen molar-refractivity contribution in [3.63, 3.8) is 0 Å². The van der Waals surface area contributed by atoms with Gasteiger partial charge in [-0.2, -0.15) is 0 Å². The van der Waals surface area contributed by atoms with Gasteiger partial charge in [0.15, 0.2) is 0 Å². The van der Waals surface area contributed by atoms with Crippen LogP contribution < -0.4 is 5.56 Å². The number of rotatable bonds is 5. The molecule has 0 saturated heterocycles. The van der Waals surface area contributed by atoms with Gasteiger partial charge >= 0.3 is 5.97 Å². The Hall–Kier alpha value is -2.14. The smallest absolute Gasteiger partial charge is 0.303 e. The zero-order valence-electron chi connectivity index (χ0n) is 11.5. The molecule has 2 N–H and O–H groups in total. The second-order valence-electron chi connectivity index (χ2n) is 4.78. The number of nitrogens with one attached hydrogen (secondary N) is 1. The summed E-state index contributed by atoms with van der Waals surface area (Å²) in [4.78, 5) is 29.7. The lowest BCUT2D eigenvalue weighted by Crippen LogP contribution is -2.20. The number of aromatic amines is 1. The van der Waals surface area contributed by atoms with E-state index in [1.165, 1.54) is 0 Å². The van der Waals surface area contributed by atoms with E-state index in [1.807, 2.05) is 18.2 Å². The molecule has 1 aromatic carbocycles. The molecule has 0 amide bonds. The third-order valence-corrected chi connectivity index (χ3v) is 3.36. The number of halogens is 1. The average molecular weight is 307 g/mol. The van der Waals surface area contributed by atoms with Crippen molar-refractivity contribution in [2.75, 3.05) is 0 Å². The maximum atomic E-state index is 12.0. The first kappa shape index (κ1) is 15.3. The molecular formula is C15H15ClN2O3. The Morgan fingerprint density at radius 2 is 2.19 bits per heavy atom. The van der Waals surface area contributed by atoms with Crippen molar-refractivity contribution in [1.82, 2.24) is 9.97 Å². The molecule has 0 radical (unpaired) electrons. The van der Waals surface area contributed by atoms with E-state index >= 15 is 0 Å². The van der Waals surface area contributed by atoms with Crippen LogP contribution in [0.2, 0.25) is 5.02 Å². The Labute approximate surface area is 126 Å². The molecule has 5 nitrogen and oxygen atoms in total. The van der Waals surface area contributed by atoms with Gasteiger partial charge in [0.1, 0.15) is 5.82 Å². The van der Waals surface area contributed by atoms with Gasteiger partial charge in [-0.05, 0) is 31.0 Å². The van der Waals surface area contributed by atoms with Crippen LogP contribution in [0.15, 0.2) is 29.1 Å². The van der Waals surface area contributed by atoms with Crippen LogP contribution >= 0.6 is 11.6 Å². The molecule has 1 heterocycles. The molecule has 0 spiro atoms. The number of hydrogen-bond donors (Lipinski definition) is 2. The van der Waals surface area contributed by atoms with Gasteiger partial charge in [-0.25, -0.2) is 4.98 Å². The number of aromatic nitrogens is 2. The average Bonchev–Trinajstić information content (AvgIpc) is 2.37. The van der Waals surface area contributed by atoms with Crippen molar-refractivity contribution in [2.45, 2.75) is 26.2 Å². The summed E-state index contributed by atoms with van der Waals surface area (Å²) < 4.78 is 0. The molecule has 6 heteroatoms. The minimum Gasteiger partial charge on any atom is -0.481 e. The SMILES string of the molecule is Cc1nc(Cc2cccc(Cl)c2)[nH]c(=O)c1CCC(=O)O. The van der Waals surface area contributed by atoms with Crippen LogP contribution in [0.25, 0.3) is 0 Å². The Morgan fingerprint density at radius 1 is 1.43 bits per heavy atom. The minimum atomic E-state index is -0.934. The van der Waals surface area contributed by atoms with Crippen molar-refractivity contribution in [2.24, 2.45) is 0 Å². The van der Waals surface area contributed by atoms with Gasteiger partial charge in [0, 0.05) is 29.1 Å². The molecule has 21 heavy (non-hydrogen) atoms. The molecule has 2 rings (SSSR count). The van der Waals surface area contributed by atoms with E-state index < -0.39 is 5.97 Å². The lowest BCUT2D eigenvalue weighted by atomic mass is 10.1. The third-order valence-electron chi connectivity index (χ3n) is 3.12. The lowest BCUT2D eigenvalue weighted by molar-refractivity contribution is -0.136. The van der Waals surface area contributed by atoms with E-state index in [-0.39, 0.29) is 18.4 Å². The molecule has 0 aliphatic rings. The topological polar surface area (TPSA) is 83.0 Å². The van der Waals surface area contributed by atoms with Crippen molar-refractivity contribution in [3.8, 4) is 0 Å². The van der Waals surface area contributed by atoms with Gasteiger partial charge in [0.05, 0.1) is 0 Å². The largest absolute Gasteiger partial charge is 0.481 e. The predicted molar refractivity (Wildman–Crippen MR) is 79.8 cm³/mol. The zero-order chi connectivity index (χ0) is 15.4. The fraction of sp³-hybridized carbons (Fsp3) is 0.267. The van der Waals surface area contributed by atoms with Gasteiger partial charge in [-0.3, -0.25) is 9.59 Å². The van der Waals surface area contributed by atoms with E-state index in [0.29, 0.717) is 28.5 Å². The Bertz CT molecular complexity index is 725. The number of aryl methyl sites for hydroxylation is 1. The van der Waals surface area contributed by atoms with Crippen LogP contribution in [0.4, 0.5) is 0 Å². The monoisotopic (exact) mass is 306 g/mol. The van der Waals surface area contributed by atoms with Gasteiger partial charge in [0.2, 0.25) is 0 Å². The summed E-state index contributed by atoms with van der Waals surface area (Å²) in [5, 5.41) is 9.32. The highest BCUT2D eigenvalue weighted by Crippen LogP contribution is 2.13. The molecule has 2 aromatic rings. The molecule has 0 saturated carbocycles. The normalized spacial score (nSPS) is 10.6. The predicted octanol–water partition coefficient (Wildman–Crippen LogP) is 2.34. The summed E-state index contributed by atoms with van der Waals surface area (Å²) in [6, 6.07) is 7.33. The highest BCUT2D eigenvalue weighted by molar-refractivity contribution is 6.30. The first-order valence-electron chi connectivity index (χ1n) is 6.50.